The Morgan fingerprint density at radius 2 is 2.12 bits per heavy atom. The van der Waals surface area contributed by atoms with Gasteiger partial charge in [-0.15, -0.1) is 0 Å². The molecular formula is C22H32N2O2. The van der Waals surface area contributed by atoms with Crippen molar-refractivity contribution in [3.8, 4) is 0 Å². The van der Waals surface area contributed by atoms with Crippen LogP contribution in [0.2, 0.25) is 0 Å². The maximum Gasteiger partial charge on any atom is 0.326 e. The molecule has 1 heterocycles. The van der Waals surface area contributed by atoms with Crippen LogP contribution in [-0.4, -0.2) is 21.6 Å². The van der Waals surface area contributed by atoms with E-state index in [4.69, 9.17) is 4.74 Å². The first kappa shape index (κ1) is 18.9. The van der Waals surface area contributed by atoms with E-state index in [0.717, 1.165) is 36.1 Å². The molecule has 4 heteroatoms. The Kier molecular flexibility index (Phi) is 5.69. The minimum Gasteiger partial charge on any atom is -0.461 e. The summed E-state index contributed by atoms with van der Waals surface area (Å²) < 4.78 is 8.03. The number of imidazole rings is 1. The molecular weight excluding hydrogens is 324 g/mol. The van der Waals surface area contributed by atoms with Gasteiger partial charge in [0.2, 0.25) is 0 Å². The van der Waals surface area contributed by atoms with E-state index in [0.29, 0.717) is 17.8 Å². The third kappa shape index (κ3) is 3.94. The maximum absolute atomic E-state index is 12.8. The number of fused-ring (bicyclic) bond motifs is 1. The summed E-state index contributed by atoms with van der Waals surface area (Å²) in [6.45, 7) is 11.1. The van der Waals surface area contributed by atoms with Crippen LogP contribution >= 0.6 is 0 Å². The van der Waals surface area contributed by atoms with Crippen LogP contribution in [0.25, 0.3) is 11.0 Å². The highest BCUT2D eigenvalue weighted by molar-refractivity contribution is 5.79. The number of aryl methyl sites for hydroxylation is 2. The number of nitrogens with zero attached hydrogens (tertiary/aromatic N) is 2. The van der Waals surface area contributed by atoms with E-state index >= 15 is 0 Å². The van der Waals surface area contributed by atoms with Crippen LogP contribution in [0.5, 0.6) is 0 Å². The van der Waals surface area contributed by atoms with Crippen molar-refractivity contribution in [2.75, 3.05) is 0 Å². The van der Waals surface area contributed by atoms with Gasteiger partial charge in [-0.2, -0.15) is 0 Å². The highest BCUT2D eigenvalue weighted by atomic mass is 16.5. The largest absolute Gasteiger partial charge is 0.461 e. The maximum atomic E-state index is 12.8. The molecule has 3 atom stereocenters. The molecule has 1 unspecified atom stereocenters. The highest BCUT2D eigenvalue weighted by Crippen LogP contribution is 2.35. The molecule has 3 rings (SSSR count). The fourth-order valence-electron chi connectivity index (χ4n) is 4.31. The predicted molar refractivity (Wildman–Crippen MR) is 105 cm³/mol. The molecule has 1 aliphatic rings. The van der Waals surface area contributed by atoms with Gasteiger partial charge in [-0.1, -0.05) is 40.2 Å². The standard InChI is InChI=1S/C22H32N2O2/c1-6-21-23-18-10-8-15(4)11-19(18)24(21)13-22(25)26-20-12-16(5)7-9-17(20)14(2)3/h8,10-11,14,16-17,20H,6-7,9,12-13H2,1-5H3/t16-,17?,20-/m1/s1. The summed E-state index contributed by atoms with van der Waals surface area (Å²) in [6.07, 6.45) is 4.23. The van der Waals surface area contributed by atoms with Crippen molar-refractivity contribution in [1.29, 1.82) is 0 Å². The van der Waals surface area contributed by atoms with Crippen molar-refractivity contribution < 1.29 is 9.53 Å². The molecule has 1 saturated carbocycles. The lowest BCUT2D eigenvalue weighted by molar-refractivity contribution is -0.156. The summed E-state index contributed by atoms with van der Waals surface area (Å²) in [7, 11) is 0. The number of carbonyl (C=O) groups is 1. The van der Waals surface area contributed by atoms with Crippen LogP contribution in [0, 0.1) is 24.7 Å². The second-order valence-corrected chi connectivity index (χ2v) is 8.31. The average molecular weight is 357 g/mol. The molecule has 0 radical (unpaired) electrons. The quantitative estimate of drug-likeness (QED) is 0.715. The van der Waals surface area contributed by atoms with Gasteiger partial charge in [0.25, 0.3) is 0 Å². The van der Waals surface area contributed by atoms with Crippen LogP contribution in [0.4, 0.5) is 0 Å². The van der Waals surface area contributed by atoms with Crippen LogP contribution < -0.4 is 0 Å². The fourth-order valence-corrected chi connectivity index (χ4v) is 4.31. The Bertz CT molecular complexity index is 778. The molecule has 0 amide bonds. The van der Waals surface area contributed by atoms with Crippen molar-refractivity contribution in [2.24, 2.45) is 17.8 Å². The molecule has 0 spiro atoms. The minimum absolute atomic E-state index is 0.0489. The monoisotopic (exact) mass is 356 g/mol. The smallest absolute Gasteiger partial charge is 0.326 e. The first-order valence-corrected chi connectivity index (χ1v) is 10.0. The summed E-state index contributed by atoms with van der Waals surface area (Å²) >= 11 is 0. The zero-order valence-electron chi connectivity index (χ0n) is 16.8. The number of carbonyl (C=O) groups excluding carboxylic acids is 1. The number of rotatable bonds is 5. The van der Waals surface area contributed by atoms with Gasteiger partial charge in [-0.3, -0.25) is 4.79 Å². The van der Waals surface area contributed by atoms with Crippen LogP contribution in [0.1, 0.15) is 58.3 Å². The molecule has 26 heavy (non-hydrogen) atoms. The van der Waals surface area contributed by atoms with E-state index in [2.05, 4.69) is 51.7 Å². The number of esters is 1. The third-order valence-corrected chi connectivity index (χ3v) is 5.83. The summed E-state index contributed by atoms with van der Waals surface area (Å²) in [5.74, 6) is 2.46. The van der Waals surface area contributed by atoms with Crippen molar-refractivity contribution in [1.82, 2.24) is 9.55 Å². The van der Waals surface area contributed by atoms with Crippen LogP contribution in [-0.2, 0) is 22.5 Å². The summed E-state index contributed by atoms with van der Waals surface area (Å²) in [6, 6.07) is 6.20. The highest BCUT2D eigenvalue weighted by Gasteiger charge is 2.33. The summed E-state index contributed by atoms with van der Waals surface area (Å²) in [4.78, 5) is 17.5. The van der Waals surface area contributed by atoms with Gasteiger partial charge in [-0.25, -0.2) is 4.98 Å². The molecule has 1 fully saturated rings. The minimum atomic E-state index is -0.134. The van der Waals surface area contributed by atoms with Crippen molar-refractivity contribution in [3.63, 3.8) is 0 Å². The molecule has 1 aliphatic carbocycles. The van der Waals surface area contributed by atoms with Gasteiger partial charge in [0.1, 0.15) is 18.5 Å². The number of hydrogen-bond acceptors (Lipinski definition) is 3. The van der Waals surface area contributed by atoms with E-state index in [1.165, 1.54) is 12.0 Å². The van der Waals surface area contributed by atoms with Crippen LogP contribution in [0.3, 0.4) is 0 Å². The third-order valence-electron chi connectivity index (χ3n) is 5.83. The Balaban J connectivity index is 1.79. The average Bonchev–Trinajstić information content (AvgIpc) is 2.91. The van der Waals surface area contributed by atoms with E-state index in [1.807, 2.05) is 10.6 Å². The van der Waals surface area contributed by atoms with E-state index in [1.54, 1.807) is 0 Å². The molecule has 0 N–H and O–H groups in total. The molecule has 142 valence electrons. The Labute approximate surface area is 156 Å². The number of benzene rings is 1. The summed E-state index contributed by atoms with van der Waals surface area (Å²) in [5.41, 5.74) is 3.15. The topological polar surface area (TPSA) is 44.1 Å². The van der Waals surface area contributed by atoms with E-state index in [9.17, 15) is 4.79 Å². The lowest BCUT2D eigenvalue weighted by atomic mass is 9.75. The van der Waals surface area contributed by atoms with Gasteiger partial charge in [0.05, 0.1) is 11.0 Å². The number of aromatic nitrogens is 2. The molecule has 0 bridgehead atoms. The van der Waals surface area contributed by atoms with E-state index in [-0.39, 0.29) is 18.6 Å². The van der Waals surface area contributed by atoms with Gasteiger partial charge < -0.3 is 9.30 Å². The lowest BCUT2D eigenvalue weighted by Gasteiger charge is -2.36. The fraction of sp³-hybridized carbons (Fsp3) is 0.636. The predicted octanol–water partition coefficient (Wildman–Crippen LogP) is 4.91. The number of ether oxygens (including phenoxy) is 1. The first-order valence-electron chi connectivity index (χ1n) is 10.0. The molecule has 0 saturated heterocycles. The molecule has 2 aromatic rings. The second kappa shape index (κ2) is 7.81. The normalized spacial score (nSPS) is 23.5. The van der Waals surface area contributed by atoms with E-state index < -0.39 is 0 Å². The van der Waals surface area contributed by atoms with Gasteiger partial charge in [0.15, 0.2) is 0 Å². The molecule has 4 nitrogen and oxygen atoms in total. The zero-order chi connectivity index (χ0) is 18.8. The van der Waals surface area contributed by atoms with Crippen molar-refractivity contribution >= 4 is 17.0 Å². The Morgan fingerprint density at radius 1 is 1.35 bits per heavy atom. The zero-order valence-corrected chi connectivity index (χ0v) is 16.8. The van der Waals surface area contributed by atoms with Gasteiger partial charge >= 0.3 is 5.97 Å². The summed E-state index contributed by atoms with van der Waals surface area (Å²) in [5, 5.41) is 0. The van der Waals surface area contributed by atoms with Gasteiger partial charge in [0, 0.05) is 6.42 Å². The van der Waals surface area contributed by atoms with Gasteiger partial charge in [-0.05, 0) is 55.2 Å². The van der Waals surface area contributed by atoms with Crippen LogP contribution in [0.15, 0.2) is 18.2 Å². The lowest BCUT2D eigenvalue weighted by Crippen LogP contribution is -2.36. The first-order chi connectivity index (χ1) is 12.4. The number of hydrogen-bond donors (Lipinski definition) is 0. The SMILES string of the molecule is CCc1nc2ccc(C)cc2n1CC(=O)O[C@@H]1C[C@H](C)CCC1C(C)C. The van der Waals surface area contributed by atoms with Crippen molar-refractivity contribution in [2.45, 2.75) is 73.0 Å². The Hall–Kier alpha value is -1.84. The second-order valence-electron chi connectivity index (χ2n) is 8.31. The molecule has 1 aromatic carbocycles. The Morgan fingerprint density at radius 3 is 2.81 bits per heavy atom. The molecule has 1 aromatic heterocycles. The molecule has 0 aliphatic heterocycles. The van der Waals surface area contributed by atoms with Crippen molar-refractivity contribution in [3.05, 3.63) is 29.6 Å².